The summed E-state index contributed by atoms with van der Waals surface area (Å²) in [4.78, 5) is 0. The highest BCUT2D eigenvalue weighted by atomic mass is 16.5. The van der Waals surface area contributed by atoms with Crippen molar-refractivity contribution < 1.29 is 9.47 Å². The van der Waals surface area contributed by atoms with Crippen LogP contribution in [0.15, 0.2) is 54.6 Å². The molecule has 0 aliphatic carbocycles. The van der Waals surface area contributed by atoms with Gasteiger partial charge in [0, 0.05) is 16.8 Å². The predicted molar refractivity (Wildman–Crippen MR) is 107 cm³/mol. The maximum atomic E-state index is 5.95. The number of ether oxygens (including phenoxy) is 2. The Morgan fingerprint density at radius 3 is 2.31 bits per heavy atom. The maximum absolute atomic E-state index is 5.95. The maximum Gasteiger partial charge on any atom is 0.161 e. The van der Waals surface area contributed by atoms with Crippen LogP contribution in [0.4, 0.5) is 11.4 Å². The minimum atomic E-state index is -0.0186. The molecule has 0 spiro atoms. The first-order chi connectivity index (χ1) is 12.8. The summed E-state index contributed by atoms with van der Waals surface area (Å²) in [7, 11) is 1.68. The Bertz CT molecular complexity index is 882. The van der Waals surface area contributed by atoms with Gasteiger partial charge in [-0.15, -0.1) is 0 Å². The van der Waals surface area contributed by atoms with Crippen LogP contribution in [0.25, 0.3) is 10.8 Å². The zero-order chi connectivity index (χ0) is 17.9. The van der Waals surface area contributed by atoms with E-state index in [1.165, 1.54) is 10.8 Å². The molecule has 0 amide bonds. The Morgan fingerprint density at radius 1 is 0.923 bits per heavy atom. The van der Waals surface area contributed by atoms with Gasteiger partial charge < -0.3 is 20.1 Å². The fourth-order valence-corrected chi connectivity index (χ4v) is 3.41. The molecule has 0 radical (unpaired) electrons. The molecule has 0 saturated carbocycles. The average Bonchev–Trinajstić information content (AvgIpc) is 2.68. The van der Waals surface area contributed by atoms with Gasteiger partial charge >= 0.3 is 0 Å². The van der Waals surface area contributed by atoms with Gasteiger partial charge in [-0.05, 0) is 41.6 Å². The summed E-state index contributed by atoms with van der Waals surface area (Å²) in [6, 6.07) is 18.8. The fraction of sp³-hybridized carbons (Fsp3) is 0.273. The van der Waals surface area contributed by atoms with Gasteiger partial charge in [-0.1, -0.05) is 43.7 Å². The van der Waals surface area contributed by atoms with Crippen molar-refractivity contribution in [2.24, 2.45) is 0 Å². The Hall–Kier alpha value is -2.88. The van der Waals surface area contributed by atoms with Crippen LogP contribution < -0.4 is 20.1 Å². The van der Waals surface area contributed by atoms with Gasteiger partial charge in [0.2, 0.25) is 0 Å². The number of hydrogen-bond acceptors (Lipinski definition) is 4. The lowest BCUT2D eigenvalue weighted by Gasteiger charge is -2.30. The van der Waals surface area contributed by atoms with Crippen LogP contribution in [0, 0.1) is 0 Å². The van der Waals surface area contributed by atoms with E-state index < -0.39 is 0 Å². The predicted octanol–water partition coefficient (Wildman–Crippen LogP) is 5.56. The number of anilines is 2. The molecular formula is C22H24N2O2. The molecule has 4 heteroatoms. The Morgan fingerprint density at radius 2 is 1.65 bits per heavy atom. The van der Waals surface area contributed by atoms with Gasteiger partial charge in [-0.3, -0.25) is 0 Å². The van der Waals surface area contributed by atoms with Crippen LogP contribution >= 0.6 is 0 Å². The van der Waals surface area contributed by atoms with Crippen molar-refractivity contribution in [3.8, 4) is 11.5 Å². The second kappa shape index (κ2) is 7.16. The first-order valence-corrected chi connectivity index (χ1v) is 9.15. The van der Waals surface area contributed by atoms with Crippen molar-refractivity contribution in [3.63, 3.8) is 0 Å². The van der Waals surface area contributed by atoms with Gasteiger partial charge in [-0.2, -0.15) is 0 Å². The number of methoxy groups -OCH3 is 1. The van der Waals surface area contributed by atoms with Crippen LogP contribution in [0.3, 0.4) is 0 Å². The van der Waals surface area contributed by atoms with Crippen LogP contribution in [0.2, 0.25) is 0 Å². The third-order valence-corrected chi connectivity index (χ3v) is 4.78. The van der Waals surface area contributed by atoms with E-state index in [0.717, 1.165) is 41.3 Å². The monoisotopic (exact) mass is 348 g/mol. The number of unbranched alkanes of at least 4 members (excludes halogenated alkanes) is 1. The van der Waals surface area contributed by atoms with E-state index in [1.807, 2.05) is 6.07 Å². The molecule has 26 heavy (non-hydrogen) atoms. The van der Waals surface area contributed by atoms with Crippen LogP contribution in [0.1, 0.15) is 31.5 Å². The van der Waals surface area contributed by atoms with Crippen molar-refractivity contribution >= 4 is 22.1 Å². The standard InChI is InChI=1S/C22H24N2O2/c1-3-4-13-26-20-14-16(11-12-19(20)25-2)22-23-17-9-5-7-15-8-6-10-18(24-22)21(15)17/h5-12,14,22-24H,3-4,13H2,1-2H3. The van der Waals surface area contributed by atoms with Crippen molar-refractivity contribution in [1.82, 2.24) is 0 Å². The summed E-state index contributed by atoms with van der Waals surface area (Å²) in [5, 5.41) is 9.67. The number of nitrogens with one attached hydrogen (secondary N) is 2. The first kappa shape index (κ1) is 16.6. The molecule has 4 rings (SSSR count). The highest BCUT2D eigenvalue weighted by Gasteiger charge is 2.21. The molecule has 0 bridgehead atoms. The fourth-order valence-electron chi connectivity index (χ4n) is 3.41. The third kappa shape index (κ3) is 3.03. The molecule has 4 nitrogen and oxygen atoms in total. The van der Waals surface area contributed by atoms with Gasteiger partial charge in [-0.25, -0.2) is 0 Å². The Balaban J connectivity index is 1.65. The second-order valence-electron chi connectivity index (χ2n) is 6.54. The summed E-state index contributed by atoms with van der Waals surface area (Å²) in [6.45, 7) is 2.86. The smallest absolute Gasteiger partial charge is 0.161 e. The van der Waals surface area contributed by atoms with E-state index in [0.29, 0.717) is 6.61 Å². The normalized spacial score (nSPS) is 13.2. The molecule has 1 aliphatic heterocycles. The molecule has 0 fully saturated rings. The van der Waals surface area contributed by atoms with Crippen molar-refractivity contribution in [2.45, 2.75) is 25.9 Å². The van der Waals surface area contributed by atoms with Gasteiger partial charge in [0.15, 0.2) is 11.5 Å². The van der Waals surface area contributed by atoms with Crippen LogP contribution in [0.5, 0.6) is 11.5 Å². The SMILES string of the molecule is CCCCOc1cc(C2Nc3cccc4cccc(c34)N2)ccc1OC. The molecule has 0 unspecified atom stereocenters. The third-order valence-electron chi connectivity index (χ3n) is 4.78. The lowest BCUT2D eigenvalue weighted by Crippen LogP contribution is -2.23. The Labute approximate surface area is 154 Å². The number of benzene rings is 3. The Kier molecular flexibility index (Phi) is 4.57. The topological polar surface area (TPSA) is 42.5 Å². The van der Waals surface area contributed by atoms with E-state index in [4.69, 9.17) is 9.47 Å². The molecular weight excluding hydrogens is 324 g/mol. The summed E-state index contributed by atoms with van der Waals surface area (Å²) in [5.74, 6) is 1.56. The molecule has 2 N–H and O–H groups in total. The molecule has 0 saturated heterocycles. The number of rotatable bonds is 6. The lowest BCUT2D eigenvalue weighted by molar-refractivity contribution is 0.288. The first-order valence-electron chi connectivity index (χ1n) is 9.15. The van der Waals surface area contributed by atoms with Crippen molar-refractivity contribution in [2.75, 3.05) is 24.4 Å². The van der Waals surface area contributed by atoms with Crippen molar-refractivity contribution in [1.29, 1.82) is 0 Å². The van der Waals surface area contributed by atoms with E-state index >= 15 is 0 Å². The van der Waals surface area contributed by atoms with Crippen molar-refractivity contribution in [3.05, 3.63) is 60.2 Å². The molecule has 3 aromatic carbocycles. The van der Waals surface area contributed by atoms with E-state index in [9.17, 15) is 0 Å². The zero-order valence-electron chi connectivity index (χ0n) is 15.2. The van der Waals surface area contributed by atoms with Gasteiger partial charge in [0.25, 0.3) is 0 Å². The largest absolute Gasteiger partial charge is 0.493 e. The molecule has 3 aromatic rings. The summed E-state index contributed by atoms with van der Waals surface area (Å²) < 4.78 is 11.4. The average molecular weight is 348 g/mol. The zero-order valence-corrected chi connectivity index (χ0v) is 15.2. The van der Waals surface area contributed by atoms with Gasteiger partial charge in [0.1, 0.15) is 6.17 Å². The molecule has 1 heterocycles. The van der Waals surface area contributed by atoms with E-state index in [1.54, 1.807) is 7.11 Å². The quantitative estimate of drug-likeness (QED) is 0.572. The molecule has 134 valence electrons. The van der Waals surface area contributed by atoms with Crippen LogP contribution in [-0.2, 0) is 0 Å². The molecule has 1 aliphatic rings. The lowest BCUT2D eigenvalue weighted by atomic mass is 10.0. The minimum Gasteiger partial charge on any atom is -0.493 e. The highest BCUT2D eigenvalue weighted by molar-refractivity contribution is 6.04. The summed E-state index contributed by atoms with van der Waals surface area (Å²) in [5.41, 5.74) is 3.40. The van der Waals surface area contributed by atoms with E-state index in [-0.39, 0.29) is 6.17 Å². The van der Waals surface area contributed by atoms with Crippen LogP contribution in [-0.4, -0.2) is 13.7 Å². The second-order valence-corrected chi connectivity index (χ2v) is 6.54. The summed E-state index contributed by atoms with van der Waals surface area (Å²) >= 11 is 0. The minimum absolute atomic E-state index is 0.0186. The molecule has 0 atom stereocenters. The molecule has 0 aromatic heterocycles. The van der Waals surface area contributed by atoms with E-state index in [2.05, 4.69) is 66.1 Å². The van der Waals surface area contributed by atoms with Gasteiger partial charge in [0.05, 0.1) is 13.7 Å². The number of hydrogen-bond donors (Lipinski definition) is 2. The highest BCUT2D eigenvalue weighted by Crippen LogP contribution is 2.39. The summed E-state index contributed by atoms with van der Waals surface area (Å²) in [6.07, 6.45) is 2.12.